The van der Waals surface area contributed by atoms with Crippen molar-refractivity contribution in [1.82, 2.24) is 15.5 Å². The van der Waals surface area contributed by atoms with Crippen molar-refractivity contribution in [2.75, 3.05) is 17.6 Å². The Hall–Kier alpha value is -3.20. The fourth-order valence-electron chi connectivity index (χ4n) is 2.67. The maximum atomic E-state index is 12.5. The Labute approximate surface area is 169 Å². The van der Waals surface area contributed by atoms with E-state index in [-0.39, 0.29) is 18.3 Å². The van der Waals surface area contributed by atoms with E-state index in [1.165, 1.54) is 13.1 Å². The van der Waals surface area contributed by atoms with Gasteiger partial charge in [0.15, 0.2) is 0 Å². The smallest absolute Gasteiger partial charge is 0.251 e. The van der Waals surface area contributed by atoms with Crippen LogP contribution in [0.3, 0.4) is 0 Å². The first-order valence-electron chi connectivity index (χ1n) is 8.87. The number of rotatable bonds is 6. The fourth-order valence-corrected chi connectivity index (χ4v) is 3.23. The monoisotopic (exact) mass is 414 g/mol. The zero-order chi connectivity index (χ0) is 21.2. The van der Waals surface area contributed by atoms with Crippen molar-refractivity contribution in [2.45, 2.75) is 20.4 Å². The first-order chi connectivity index (χ1) is 13.6. The number of aromatic nitrogens is 2. The molecule has 0 unspecified atom stereocenters. The number of sulfonamides is 1. The minimum atomic E-state index is -3.43. The molecule has 1 aromatic heterocycles. The highest BCUT2D eigenvalue weighted by Crippen LogP contribution is 2.23. The lowest BCUT2D eigenvalue weighted by Crippen LogP contribution is -2.27. The van der Waals surface area contributed by atoms with E-state index in [4.69, 9.17) is 4.52 Å². The zero-order valence-corrected chi connectivity index (χ0v) is 17.4. The maximum Gasteiger partial charge on any atom is 0.251 e. The Bertz CT molecular complexity index is 1140. The topological polar surface area (TPSA) is 105 Å². The van der Waals surface area contributed by atoms with E-state index in [9.17, 15) is 13.2 Å². The minimum absolute atomic E-state index is 0.0584. The van der Waals surface area contributed by atoms with E-state index in [0.717, 1.165) is 27.3 Å². The van der Waals surface area contributed by atoms with Gasteiger partial charge >= 0.3 is 0 Å². The Morgan fingerprint density at radius 2 is 1.83 bits per heavy atom. The number of hydrogen-bond donors (Lipinski definition) is 1. The number of carbonyl (C=O) groups excluding carboxylic acids is 1. The van der Waals surface area contributed by atoms with Crippen LogP contribution in [0.15, 0.2) is 47.0 Å². The first kappa shape index (κ1) is 20.5. The van der Waals surface area contributed by atoms with Crippen molar-refractivity contribution >= 4 is 21.6 Å². The molecular formula is C20H22N4O4S. The molecule has 0 atom stereocenters. The second-order valence-electron chi connectivity index (χ2n) is 6.79. The molecule has 29 heavy (non-hydrogen) atoms. The van der Waals surface area contributed by atoms with E-state index >= 15 is 0 Å². The van der Waals surface area contributed by atoms with Crippen LogP contribution in [0.4, 0.5) is 5.69 Å². The van der Waals surface area contributed by atoms with Gasteiger partial charge in [0.1, 0.15) is 0 Å². The molecule has 0 aliphatic rings. The van der Waals surface area contributed by atoms with Crippen LogP contribution in [0.5, 0.6) is 0 Å². The molecule has 152 valence electrons. The van der Waals surface area contributed by atoms with Crippen LogP contribution in [-0.2, 0) is 16.6 Å². The molecule has 0 radical (unpaired) electrons. The lowest BCUT2D eigenvalue weighted by molar-refractivity contribution is 0.0946. The second kappa shape index (κ2) is 8.04. The van der Waals surface area contributed by atoms with Crippen LogP contribution in [0.1, 0.15) is 27.4 Å². The number of carbonyl (C=O) groups is 1. The van der Waals surface area contributed by atoms with Crippen LogP contribution in [0, 0.1) is 13.8 Å². The summed E-state index contributed by atoms with van der Waals surface area (Å²) in [5.74, 6) is 0.347. The van der Waals surface area contributed by atoms with Crippen molar-refractivity contribution < 1.29 is 17.7 Å². The van der Waals surface area contributed by atoms with Gasteiger partial charge in [0.05, 0.1) is 18.5 Å². The van der Waals surface area contributed by atoms with Crippen molar-refractivity contribution in [3.8, 4) is 11.4 Å². The van der Waals surface area contributed by atoms with Crippen LogP contribution >= 0.6 is 0 Å². The summed E-state index contributed by atoms with van der Waals surface area (Å²) in [4.78, 5) is 16.8. The summed E-state index contributed by atoms with van der Waals surface area (Å²) in [5, 5.41) is 6.64. The third-order valence-electron chi connectivity index (χ3n) is 4.49. The van der Waals surface area contributed by atoms with E-state index in [2.05, 4.69) is 15.5 Å². The Morgan fingerprint density at radius 1 is 1.14 bits per heavy atom. The molecule has 0 saturated heterocycles. The summed E-state index contributed by atoms with van der Waals surface area (Å²) in [6, 6.07) is 12.6. The first-order valence-corrected chi connectivity index (χ1v) is 10.7. The van der Waals surface area contributed by atoms with Crippen molar-refractivity contribution in [1.29, 1.82) is 0 Å². The Balaban J connectivity index is 1.71. The van der Waals surface area contributed by atoms with E-state index in [0.29, 0.717) is 17.1 Å². The number of nitrogens with one attached hydrogen (secondary N) is 1. The number of aryl methyl sites for hydroxylation is 2. The molecule has 0 spiro atoms. The van der Waals surface area contributed by atoms with Gasteiger partial charge in [0.2, 0.25) is 21.7 Å². The normalized spacial score (nSPS) is 11.3. The second-order valence-corrected chi connectivity index (χ2v) is 8.81. The van der Waals surface area contributed by atoms with Crippen LogP contribution < -0.4 is 9.62 Å². The largest absolute Gasteiger partial charge is 0.343 e. The number of nitrogens with zero attached hydrogens (tertiary/aromatic N) is 3. The van der Waals surface area contributed by atoms with Crippen LogP contribution in [-0.4, -0.2) is 37.8 Å². The third-order valence-corrected chi connectivity index (χ3v) is 5.68. The standard InChI is InChI=1S/C20H22N4O4S/c1-13-5-8-15(9-6-13)19-22-18(28-23-19)12-21-20(25)16-10-7-14(2)17(11-16)24(3)29(4,26)27/h5-11H,12H2,1-4H3,(H,21,25). The van der Waals surface area contributed by atoms with Crippen molar-refractivity contribution in [2.24, 2.45) is 0 Å². The summed E-state index contributed by atoms with van der Waals surface area (Å²) in [6.45, 7) is 3.83. The fraction of sp³-hybridized carbons (Fsp3) is 0.250. The molecule has 0 aliphatic carbocycles. The van der Waals surface area contributed by atoms with E-state index in [1.807, 2.05) is 31.2 Å². The van der Waals surface area contributed by atoms with Crippen LogP contribution in [0.25, 0.3) is 11.4 Å². The molecule has 1 heterocycles. The van der Waals surface area contributed by atoms with Gasteiger partial charge in [-0.3, -0.25) is 9.10 Å². The summed E-state index contributed by atoms with van der Waals surface area (Å²) >= 11 is 0. The molecule has 2 aromatic carbocycles. The number of amides is 1. The molecule has 3 rings (SSSR count). The van der Waals surface area contributed by atoms with Gasteiger partial charge in [-0.25, -0.2) is 8.42 Å². The summed E-state index contributed by atoms with van der Waals surface area (Å²) < 4.78 is 30.0. The highest BCUT2D eigenvalue weighted by Gasteiger charge is 2.17. The van der Waals surface area contributed by atoms with Gasteiger partial charge in [0, 0.05) is 18.2 Å². The quantitative estimate of drug-likeness (QED) is 0.665. The summed E-state index contributed by atoms with van der Waals surface area (Å²) in [6.07, 6.45) is 1.11. The lowest BCUT2D eigenvalue weighted by atomic mass is 10.1. The highest BCUT2D eigenvalue weighted by atomic mass is 32.2. The number of benzene rings is 2. The van der Waals surface area contributed by atoms with E-state index < -0.39 is 10.0 Å². The van der Waals surface area contributed by atoms with Crippen LogP contribution in [0.2, 0.25) is 0 Å². The molecule has 1 N–H and O–H groups in total. The molecule has 8 nitrogen and oxygen atoms in total. The summed E-state index contributed by atoms with van der Waals surface area (Å²) in [7, 11) is -1.99. The minimum Gasteiger partial charge on any atom is -0.343 e. The molecule has 3 aromatic rings. The van der Waals surface area contributed by atoms with Crippen molar-refractivity contribution in [3.63, 3.8) is 0 Å². The SMILES string of the molecule is Cc1ccc(-c2noc(CNC(=O)c3ccc(C)c(N(C)S(C)(=O)=O)c3)n2)cc1. The van der Waals surface area contributed by atoms with Gasteiger partial charge in [-0.15, -0.1) is 0 Å². The molecule has 0 aliphatic heterocycles. The average Bonchev–Trinajstić information content (AvgIpc) is 3.15. The van der Waals surface area contributed by atoms with Gasteiger partial charge < -0.3 is 9.84 Å². The maximum absolute atomic E-state index is 12.5. The van der Waals surface area contributed by atoms with Gasteiger partial charge in [-0.2, -0.15) is 4.98 Å². The van der Waals surface area contributed by atoms with Crippen molar-refractivity contribution in [3.05, 3.63) is 65.0 Å². The highest BCUT2D eigenvalue weighted by molar-refractivity contribution is 7.92. The zero-order valence-electron chi connectivity index (χ0n) is 16.6. The molecular weight excluding hydrogens is 392 g/mol. The average molecular weight is 414 g/mol. The Morgan fingerprint density at radius 3 is 2.48 bits per heavy atom. The predicted molar refractivity (Wildman–Crippen MR) is 110 cm³/mol. The summed E-state index contributed by atoms with van der Waals surface area (Å²) in [5.41, 5.74) is 3.47. The van der Waals surface area contributed by atoms with Gasteiger partial charge in [-0.1, -0.05) is 41.1 Å². The molecule has 1 amide bonds. The van der Waals surface area contributed by atoms with Gasteiger partial charge in [0.25, 0.3) is 5.91 Å². The molecule has 0 saturated carbocycles. The number of anilines is 1. The molecule has 9 heteroatoms. The van der Waals surface area contributed by atoms with Gasteiger partial charge in [-0.05, 0) is 31.5 Å². The number of hydrogen-bond acceptors (Lipinski definition) is 6. The molecule has 0 bridgehead atoms. The van der Waals surface area contributed by atoms with E-state index in [1.54, 1.807) is 19.1 Å². The Kier molecular flexibility index (Phi) is 5.69. The predicted octanol–water partition coefficient (Wildman–Crippen LogP) is 2.68. The lowest BCUT2D eigenvalue weighted by Gasteiger charge is -2.19. The third kappa shape index (κ3) is 4.80. The molecule has 0 fully saturated rings.